The van der Waals surface area contributed by atoms with Crippen molar-refractivity contribution in [2.24, 2.45) is 5.41 Å². The fraction of sp³-hybridized carbons (Fsp3) is 0.600. The van der Waals surface area contributed by atoms with Crippen LogP contribution in [0.3, 0.4) is 0 Å². The van der Waals surface area contributed by atoms with Gasteiger partial charge in [-0.15, -0.1) is 0 Å². The van der Waals surface area contributed by atoms with Crippen LogP contribution in [0.4, 0.5) is 4.39 Å². The van der Waals surface area contributed by atoms with E-state index in [-0.39, 0.29) is 11.9 Å². The van der Waals surface area contributed by atoms with Crippen molar-refractivity contribution in [3.05, 3.63) is 34.1 Å². The van der Waals surface area contributed by atoms with E-state index >= 15 is 0 Å². The molecule has 1 aliphatic carbocycles. The van der Waals surface area contributed by atoms with E-state index in [9.17, 15) is 4.39 Å². The molecule has 0 spiro atoms. The molecule has 1 saturated carbocycles. The van der Waals surface area contributed by atoms with E-state index in [0.29, 0.717) is 11.5 Å². The Kier molecular flexibility index (Phi) is 4.12. The summed E-state index contributed by atoms with van der Waals surface area (Å²) in [5.41, 5.74) is 1.49. The second-order valence-electron chi connectivity index (χ2n) is 5.99. The van der Waals surface area contributed by atoms with E-state index in [1.165, 1.54) is 31.4 Å². The van der Waals surface area contributed by atoms with Gasteiger partial charge >= 0.3 is 0 Å². The van der Waals surface area contributed by atoms with Crippen LogP contribution in [0.15, 0.2) is 22.7 Å². The predicted molar refractivity (Wildman–Crippen MR) is 77.1 cm³/mol. The van der Waals surface area contributed by atoms with Gasteiger partial charge in [-0.3, -0.25) is 0 Å². The summed E-state index contributed by atoms with van der Waals surface area (Å²) < 4.78 is 13.9. The molecule has 2 atom stereocenters. The molecule has 18 heavy (non-hydrogen) atoms. The summed E-state index contributed by atoms with van der Waals surface area (Å²) in [6, 6.07) is 5.71. The summed E-state index contributed by atoms with van der Waals surface area (Å²) in [5.74, 6) is -0.195. The van der Waals surface area contributed by atoms with Gasteiger partial charge in [0, 0.05) is 16.6 Å². The highest BCUT2D eigenvalue weighted by atomic mass is 79.9. The van der Waals surface area contributed by atoms with E-state index in [1.807, 2.05) is 6.07 Å². The zero-order valence-electron chi connectivity index (χ0n) is 11.3. The van der Waals surface area contributed by atoms with Crippen LogP contribution in [0.1, 0.15) is 51.6 Å². The Bertz CT molecular complexity index is 431. The van der Waals surface area contributed by atoms with Crippen molar-refractivity contribution in [3.63, 3.8) is 0 Å². The molecule has 0 bridgehead atoms. The Morgan fingerprint density at radius 2 is 2.17 bits per heavy atom. The molecule has 0 saturated heterocycles. The molecule has 0 amide bonds. The van der Waals surface area contributed by atoms with Gasteiger partial charge in [-0.25, -0.2) is 4.39 Å². The highest BCUT2D eigenvalue weighted by Gasteiger charge is 2.35. The molecule has 2 rings (SSSR count). The minimum atomic E-state index is -0.195. The summed E-state index contributed by atoms with van der Waals surface area (Å²) in [6.45, 7) is 6.79. The summed E-state index contributed by atoms with van der Waals surface area (Å²) in [5, 5.41) is 3.69. The molecule has 0 radical (unpaired) electrons. The van der Waals surface area contributed by atoms with Crippen molar-refractivity contribution in [3.8, 4) is 0 Å². The molecule has 1 nitrogen and oxygen atoms in total. The van der Waals surface area contributed by atoms with Crippen LogP contribution in [-0.4, -0.2) is 6.04 Å². The number of benzene rings is 1. The summed E-state index contributed by atoms with van der Waals surface area (Å²) in [4.78, 5) is 0. The lowest BCUT2D eigenvalue weighted by atomic mass is 9.86. The topological polar surface area (TPSA) is 12.0 Å². The first kappa shape index (κ1) is 14.0. The molecule has 3 heteroatoms. The van der Waals surface area contributed by atoms with Gasteiger partial charge in [-0.05, 0) is 42.9 Å². The zero-order chi connectivity index (χ0) is 13.3. The van der Waals surface area contributed by atoms with Crippen LogP contribution in [0, 0.1) is 11.2 Å². The molecule has 2 unspecified atom stereocenters. The van der Waals surface area contributed by atoms with Crippen LogP contribution >= 0.6 is 15.9 Å². The van der Waals surface area contributed by atoms with E-state index in [0.717, 1.165) is 10.0 Å². The standard InChI is InChI=1S/C15H21BrFN/c1-10(12-7-6-11(17)9-13(12)16)18-14-5-4-8-15(14,2)3/h6-7,9-10,14,18H,4-5,8H2,1-3H3. The van der Waals surface area contributed by atoms with E-state index in [4.69, 9.17) is 0 Å². The smallest absolute Gasteiger partial charge is 0.124 e. The van der Waals surface area contributed by atoms with Gasteiger partial charge in [-0.1, -0.05) is 42.3 Å². The third-order valence-electron chi connectivity index (χ3n) is 4.14. The average molecular weight is 314 g/mol. The van der Waals surface area contributed by atoms with Crippen molar-refractivity contribution in [2.75, 3.05) is 0 Å². The van der Waals surface area contributed by atoms with E-state index in [1.54, 1.807) is 0 Å². The molecule has 1 aromatic carbocycles. The quantitative estimate of drug-likeness (QED) is 0.843. The van der Waals surface area contributed by atoms with Crippen molar-refractivity contribution >= 4 is 15.9 Å². The molecule has 1 aromatic rings. The number of hydrogen-bond donors (Lipinski definition) is 1. The Morgan fingerprint density at radius 3 is 2.72 bits per heavy atom. The molecule has 0 aromatic heterocycles. The average Bonchev–Trinajstić information content (AvgIpc) is 2.58. The lowest BCUT2D eigenvalue weighted by Gasteiger charge is -2.31. The summed E-state index contributed by atoms with van der Waals surface area (Å²) in [7, 11) is 0. The van der Waals surface area contributed by atoms with Crippen molar-refractivity contribution in [1.29, 1.82) is 0 Å². The first-order valence-corrected chi connectivity index (χ1v) is 7.40. The SMILES string of the molecule is CC(NC1CCCC1(C)C)c1ccc(F)cc1Br. The van der Waals surface area contributed by atoms with Gasteiger partial charge in [0.05, 0.1) is 0 Å². The highest BCUT2D eigenvalue weighted by molar-refractivity contribution is 9.10. The predicted octanol–water partition coefficient (Wildman–Crippen LogP) is 4.82. The summed E-state index contributed by atoms with van der Waals surface area (Å²) >= 11 is 3.45. The Morgan fingerprint density at radius 1 is 1.44 bits per heavy atom. The van der Waals surface area contributed by atoms with Crippen molar-refractivity contribution < 1.29 is 4.39 Å². The Hall–Kier alpha value is -0.410. The van der Waals surface area contributed by atoms with Gasteiger partial charge in [0.1, 0.15) is 5.82 Å². The molecule has 1 N–H and O–H groups in total. The Balaban J connectivity index is 2.10. The zero-order valence-corrected chi connectivity index (χ0v) is 12.8. The number of halogens is 2. The molecule has 1 aliphatic rings. The van der Waals surface area contributed by atoms with Crippen LogP contribution in [0.2, 0.25) is 0 Å². The van der Waals surface area contributed by atoms with Gasteiger partial charge in [-0.2, -0.15) is 0 Å². The first-order chi connectivity index (χ1) is 8.40. The third kappa shape index (κ3) is 2.94. The van der Waals surface area contributed by atoms with Gasteiger partial charge < -0.3 is 5.32 Å². The summed E-state index contributed by atoms with van der Waals surface area (Å²) in [6.07, 6.45) is 3.81. The van der Waals surface area contributed by atoms with E-state index < -0.39 is 0 Å². The van der Waals surface area contributed by atoms with Crippen LogP contribution in [-0.2, 0) is 0 Å². The van der Waals surface area contributed by atoms with Gasteiger partial charge in [0.15, 0.2) is 0 Å². The fourth-order valence-corrected chi connectivity index (χ4v) is 3.57. The number of nitrogens with one attached hydrogen (secondary N) is 1. The molecular formula is C15H21BrFN. The fourth-order valence-electron chi connectivity index (χ4n) is 2.88. The van der Waals surface area contributed by atoms with Crippen LogP contribution in [0.5, 0.6) is 0 Å². The van der Waals surface area contributed by atoms with Gasteiger partial charge in [0.25, 0.3) is 0 Å². The second kappa shape index (κ2) is 5.30. The van der Waals surface area contributed by atoms with Crippen molar-refractivity contribution in [2.45, 2.75) is 52.1 Å². The first-order valence-electron chi connectivity index (χ1n) is 6.61. The Labute approximate surface area is 117 Å². The maximum atomic E-state index is 13.1. The lowest BCUT2D eigenvalue weighted by Crippen LogP contribution is -2.39. The molecular weight excluding hydrogens is 293 g/mol. The van der Waals surface area contributed by atoms with Crippen LogP contribution in [0.25, 0.3) is 0 Å². The normalized spacial score (nSPS) is 24.2. The van der Waals surface area contributed by atoms with Gasteiger partial charge in [0.2, 0.25) is 0 Å². The number of hydrogen-bond acceptors (Lipinski definition) is 1. The lowest BCUT2D eigenvalue weighted by molar-refractivity contribution is 0.266. The molecule has 1 fully saturated rings. The monoisotopic (exact) mass is 313 g/mol. The molecule has 0 heterocycles. The third-order valence-corrected chi connectivity index (χ3v) is 4.82. The maximum Gasteiger partial charge on any atom is 0.124 e. The molecule has 100 valence electrons. The maximum absolute atomic E-state index is 13.1. The molecule has 0 aliphatic heterocycles. The minimum absolute atomic E-state index is 0.195. The number of rotatable bonds is 3. The van der Waals surface area contributed by atoms with Crippen LogP contribution < -0.4 is 5.32 Å². The second-order valence-corrected chi connectivity index (χ2v) is 6.84. The largest absolute Gasteiger partial charge is 0.307 e. The highest BCUT2D eigenvalue weighted by Crippen LogP contribution is 2.38. The van der Waals surface area contributed by atoms with Crippen molar-refractivity contribution in [1.82, 2.24) is 5.32 Å². The minimum Gasteiger partial charge on any atom is -0.307 e. The van der Waals surface area contributed by atoms with E-state index in [2.05, 4.69) is 42.0 Å².